The number of alkyl halides is 1. The van der Waals surface area contributed by atoms with Gasteiger partial charge >= 0.3 is 5.97 Å². The summed E-state index contributed by atoms with van der Waals surface area (Å²) in [5, 5.41) is 8.79. The van der Waals surface area contributed by atoms with Gasteiger partial charge in [0.25, 0.3) is 0 Å². The van der Waals surface area contributed by atoms with E-state index >= 15 is 0 Å². The minimum absolute atomic E-state index is 0.0607. The predicted molar refractivity (Wildman–Crippen MR) is 36.1 cm³/mol. The van der Waals surface area contributed by atoms with Gasteiger partial charge < -0.3 is 9.52 Å². The first kappa shape index (κ1) is 7.27. The number of nitrogens with zero attached hydrogens (tertiary/aromatic N) is 1. The third kappa shape index (κ3) is 1.36. The Kier molecular flexibility index (Phi) is 2.06. The van der Waals surface area contributed by atoms with Crippen LogP contribution in [0.1, 0.15) is 16.4 Å². The Morgan fingerprint density at radius 2 is 2.60 bits per heavy atom. The fourth-order valence-electron chi connectivity index (χ4n) is 0.470. The molecule has 0 aliphatic heterocycles. The van der Waals surface area contributed by atoms with Crippen molar-refractivity contribution in [3.8, 4) is 0 Å². The van der Waals surface area contributed by atoms with Crippen LogP contribution in [-0.2, 0) is 5.33 Å². The molecule has 1 heterocycles. The van der Waals surface area contributed by atoms with Crippen LogP contribution in [0, 0.1) is 0 Å². The second kappa shape index (κ2) is 2.83. The standard InChI is InChI=1S/C5H4BrNO3/c6-1-4-7-3(2-10-4)5(8)9/h2H,1H2,(H,8,9). The van der Waals surface area contributed by atoms with Crippen molar-refractivity contribution in [3.63, 3.8) is 0 Å². The number of hydrogen-bond acceptors (Lipinski definition) is 3. The molecule has 0 unspecified atom stereocenters. The minimum atomic E-state index is -1.07. The van der Waals surface area contributed by atoms with Crippen LogP contribution in [0.25, 0.3) is 0 Å². The predicted octanol–water partition coefficient (Wildman–Crippen LogP) is 1.27. The van der Waals surface area contributed by atoms with Gasteiger partial charge in [-0.2, -0.15) is 0 Å². The van der Waals surface area contributed by atoms with Gasteiger partial charge in [-0.25, -0.2) is 9.78 Å². The second-order valence-corrected chi connectivity index (χ2v) is 2.13. The number of rotatable bonds is 2. The molecule has 0 aromatic carbocycles. The zero-order valence-electron chi connectivity index (χ0n) is 4.87. The van der Waals surface area contributed by atoms with Gasteiger partial charge in [0, 0.05) is 0 Å². The molecule has 0 bridgehead atoms. The van der Waals surface area contributed by atoms with Crippen LogP contribution in [0.3, 0.4) is 0 Å². The Hall–Kier alpha value is -0.840. The highest BCUT2D eigenvalue weighted by Crippen LogP contribution is 2.05. The summed E-state index contributed by atoms with van der Waals surface area (Å²) in [5.74, 6) is -0.701. The lowest BCUT2D eigenvalue weighted by atomic mass is 10.5. The molecule has 0 amide bonds. The van der Waals surface area contributed by atoms with Crippen molar-refractivity contribution in [2.24, 2.45) is 0 Å². The van der Waals surface area contributed by atoms with Gasteiger partial charge in [-0.15, -0.1) is 0 Å². The van der Waals surface area contributed by atoms with E-state index < -0.39 is 5.97 Å². The summed E-state index contributed by atoms with van der Waals surface area (Å²) in [5.41, 5.74) is -0.0607. The summed E-state index contributed by atoms with van der Waals surface area (Å²) in [6.07, 6.45) is 1.11. The number of oxazole rings is 1. The smallest absolute Gasteiger partial charge is 0.357 e. The first-order chi connectivity index (χ1) is 4.74. The zero-order valence-corrected chi connectivity index (χ0v) is 6.46. The maximum absolute atomic E-state index is 10.2. The van der Waals surface area contributed by atoms with Gasteiger partial charge in [0.1, 0.15) is 6.26 Å². The first-order valence-corrected chi connectivity index (χ1v) is 3.60. The Labute approximate surface area is 65.0 Å². The molecule has 0 spiro atoms. The van der Waals surface area contributed by atoms with Gasteiger partial charge in [-0.1, -0.05) is 15.9 Å². The Balaban J connectivity index is 2.88. The van der Waals surface area contributed by atoms with E-state index in [1.165, 1.54) is 0 Å². The van der Waals surface area contributed by atoms with Gasteiger partial charge in [0.05, 0.1) is 5.33 Å². The molecule has 10 heavy (non-hydrogen) atoms. The first-order valence-electron chi connectivity index (χ1n) is 2.47. The lowest BCUT2D eigenvalue weighted by Crippen LogP contribution is -1.95. The molecule has 5 heteroatoms. The Bertz CT molecular complexity index is 245. The van der Waals surface area contributed by atoms with Crippen LogP contribution >= 0.6 is 15.9 Å². The summed E-state index contributed by atoms with van der Waals surface area (Å²) in [4.78, 5) is 13.8. The third-order valence-electron chi connectivity index (χ3n) is 0.885. The van der Waals surface area contributed by atoms with Crippen LogP contribution in [0.4, 0.5) is 0 Å². The topological polar surface area (TPSA) is 63.3 Å². The van der Waals surface area contributed by atoms with Crippen LogP contribution in [0.15, 0.2) is 10.7 Å². The molecule has 0 radical (unpaired) electrons. The number of carboxylic acids is 1. The van der Waals surface area contributed by atoms with E-state index in [0.717, 1.165) is 6.26 Å². The highest BCUT2D eigenvalue weighted by Gasteiger charge is 2.08. The van der Waals surface area contributed by atoms with Crippen molar-refractivity contribution in [3.05, 3.63) is 17.8 Å². The van der Waals surface area contributed by atoms with Crippen molar-refractivity contribution in [1.82, 2.24) is 4.98 Å². The zero-order chi connectivity index (χ0) is 7.56. The largest absolute Gasteiger partial charge is 0.476 e. The highest BCUT2D eigenvalue weighted by atomic mass is 79.9. The molecule has 1 aromatic heterocycles. The lowest BCUT2D eigenvalue weighted by Gasteiger charge is -1.79. The quantitative estimate of drug-likeness (QED) is 0.740. The molecular formula is C5H4BrNO3. The van der Waals surface area contributed by atoms with Crippen LogP contribution in [0.5, 0.6) is 0 Å². The van der Waals surface area contributed by atoms with E-state index in [9.17, 15) is 4.79 Å². The second-order valence-electron chi connectivity index (χ2n) is 1.57. The van der Waals surface area contributed by atoms with Gasteiger partial charge in [-0.3, -0.25) is 0 Å². The summed E-state index contributed by atoms with van der Waals surface area (Å²) >= 11 is 3.07. The maximum atomic E-state index is 10.2. The van der Waals surface area contributed by atoms with E-state index in [1.807, 2.05) is 0 Å². The molecule has 0 atom stereocenters. The normalized spacial score (nSPS) is 9.70. The summed E-state index contributed by atoms with van der Waals surface area (Å²) < 4.78 is 4.74. The molecule has 0 fully saturated rings. The fraction of sp³-hybridized carbons (Fsp3) is 0.200. The van der Waals surface area contributed by atoms with Gasteiger partial charge in [0.2, 0.25) is 5.89 Å². The molecule has 0 aliphatic carbocycles. The number of aromatic nitrogens is 1. The number of carboxylic acid groups (broad SMARTS) is 1. The van der Waals surface area contributed by atoms with Crippen LogP contribution in [-0.4, -0.2) is 16.1 Å². The Morgan fingerprint density at radius 3 is 2.90 bits per heavy atom. The molecule has 1 rings (SSSR count). The van der Waals surface area contributed by atoms with E-state index in [4.69, 9.17) is 9.52 Å². The molecule has 1 aromatic rings. The SMILES string of the molecule is O=C(O)c1coc(CBr)n1. The van der Waals surface area contributed by atoms with Crippen molar-refractivity contribution in [1.29, 1.82) is 0 Å². The highest BCUT2D eigenvalue weighted by molar-refractivity contribution is 9.08. The lowest BCUT2D eigenvalue weighted by molar-refractivity contribution is 0.0690. The van der Waals surface area contributed by atoms with E-state index in [0.29, 0.717) is 11.2 Å². The maximum Gasteiger partial charge on any atom is 0.357 e. The summed E-state index contributed by atoms with van der Waals surface area (Å²) in [7, 11) is 0. The summed E-state index contributed by atoms with van der Waals surface area (Å²) in [6, 6.07) is 0. The molecule has 0 aliphatic rings. The molecule has 1 N–H and O–H groups in total. The minimum Gasteiger partial charge on any atom is -0.476 e. The Morgan fingerprint density at radius 1 is 1.90 bits per heavy atom. The third-order valence-corrected chi connectivity index (χ3v) is 1.36. The number of hydrogen-bond donors (Lipinski definition) is 1. The van der Waals surface area contributed by atoms with Crippen LogP contribution in [0.2, 0.25) is 0 Å². The van der Waals surface area contributed by atoms with Crippen LogP contribution < -0.4 is 0 Å². The number of carbonyl (C=O) groups is 1. The van der Waals surface area contributed by atoms with Gasteiger partial charge in [-0.05, 0) is 0 Å². The van der Waals surface area contributed by atoms with Crippen molar-refractivity contribution >= 4 is 21.9 Å². The van der Waals surface area contributed by atoms with Crippen molar-refractivity contribution in [2.75, 3.05) is 0 Å². The number of aromatic carboxylic acids is 1. The summed E-state index contributed by atoms with van der Waals surface area (Å²) in [6.45, 7) is 0. The van der Waals surface area contributed by atoms with E-state index in [-0.39, 0.29) is 5.69 Å². The number of halogens is 1. The van der Waals surface area contributed by atoms with Crippen molar-refractivity contribution < 1.29 is 14.3 Å². The van der Waals surface area contributed by atoms with E-state index in [2.05, 4.69) is 20.9 Å². The average Bonchev–Trinajstić information content (AvgIpc) is 2.34. The molecule has 4 nitrogen and oxygen atoms in total. The molecular weight excluding hydrogens is 202 g/mol. The molecule has 54 valence electrons. The average molecular weight is 206 g/mol. The molecule has 0 saturated carbocycles. The molecule has 0 saturated heterocycles. The monoisotopic (exact) mass is 205 g/mol. The van der Waals surface area contributed by atoms with E-state index in [1.54, 1.807) is 0 Å². The fourth-order valence-corrected chi connectivity index (χ4v) is 0.728. The van der Waals surface area contributed by atoms with Crippen molar-refractivity contribution in [2.45, 2.75) is 5.33 Å². The van der Waals surface area contributed by atoms with Gasteiger partial charge in [0.15, 0.2) is 5.69 Å².